The van der Waals surface area contributed by atoms with E-state index in [9.17, 15) is 9.59 Å². The highest BCUT2D eigenvalue weighted by Gasteiger charge is 2.15. The average molecular weight is 262 g/mol. The molecule has 1 atom stereocenters. The highest BCUT2D eigenvalue weighted by Crippen LogP contribution is 2.14. The van der Waals surface area contributed by atoms with E-state index in [1.165, 1.54) is 5.56 Å². The van der Waals surface area contributed by atoms with Gasteiger partial charge in [-0.15, -0.1) is 0 Å². The van der Waals surface area contributed by atoms with E-state index in [4.69, 9.17) is 0 Å². The van der Waals surface area contributed by atoms with Gasteiger partial charge in [-0.3, -0.25) is 9.59 Å². The van der Waals surface area contributed by atoms with Crippen LogP contribution in [-0.4, -0.2) is 24.4 Å². The minimum Gasteiger partial charge on any atom is -0.355 e. The highest BCUT2D eigenvalue weighted by molar-refractivity contribution is 5.97. The van der Waals surface area contributed by atoms with Crippen molar-refractivity contribution in [1.82, 2.24) is 10.6 Å². The summed E-state index contributed by atoms with van der Waals surface area (Å²) in [4.78, 5) is 23.5. The van der Waals surface area contributed by atoms with Crippen LogP contribution in [0.25, 0.3) is 0 Å². The Hall–Kier alpha value is -1.84. The SMILES string of the molecule is CCNC(=O)[C@@H](C)NC(=O)c1ccc(C(C)C)cc1. The van der Waals surface area contributed by atoms with Crippen molar-refractivity contribution >= 4 is 11.8 Å². The largest absolute Gasteiger partial charge is 0.355 e. The van der Waals surface area contributed by atoms with Crippen LogP contribution in [0.4, 0.5) is 0 Å². The molecule has 0 aliphatic rings. The molecular formula is C15H22N2O2. The molecule has 2 amide bonds. The van der Waals surface area contributed by atoms with E-state index in [-0.39, 0.29) is 11.8 Å². The number of hydrogen-bond acceptors (Lipinski definition) is 2. The second kappa shape index (κ2) is 6.92. The van der Waals surface area contributed by atoms with Gasteiger partial charge in [0.1, 0.15) is 6.04 Å². The second-order valence-electron chi connectivity index (χ2n) is 4.87. The first kappa shape index (κ1) is 15.2. The normalized spacial score (nSPS) is 12.1. The molecule has 19 heavy (non-hydrogen) atoms. The van der Waals surface area contributed by atoms with Crippen molar-refractivity contribution in [3.63, 3.8) is 0 Å². The van der Waals surface area contributed by atoms with Gasteiger partial charge in [-0.05, 0) is 37.5 Å². The molecule has 1 aromatic carbocycles. The molecule has 2 N–H and O–H groups in total. The predicted molar refractivity (Wildman–Crippen MR) is 76.1 cm³/mol. The molecule has 0 unspecified atom stereocenters. The van der Waals surface area contributed by atoms with Crippen molar-refractivity contribution in [2.45, 2.75) is 39.7 Å². The zero-order chi connectivity index (χ0) is 14.4. The van der Waals surface area contributed by atoms with Crippen molar-refractivity contribution in [3.05, 3.63) is 35.4 Å². The number of carbonyl (C=O) groups excluding carboxylic acids is 2. The lowest BCUT2D eigenvalue weighted by atomic mass is 10.0. The van der Waals surface area contributed by atoms with Crippen molar-refractivity contribution in [3.8, 4) is 0 Å². The number of rotatable bonds is 5. The maximum atomic E-state index is 12.0. The van der Waals surface area contributed by atoms with Crippen LogP contribution in [0.5, 0.6) is 0 Å². The molecule has 0 heterocycles. The first-order valence-electron chi connectivity index (χ1n) is 6.64. The lowest BCUT2D eigenvalue weighted by Gasteiger charge is -2.13. The minimum atomic E-state index is -0.530. The van der Waals surface area contributed by atoms with Crippen LogP contribution in [0.2, 0.25) is 0 Å². The molecule has 0 saturated heterocycles. The van der Waals surface area contributed by atoms with Crippen LogP contribution < -0.4 is 10.6 Å². The first-order chi connectivity index (χ1) is 8.95. The zero-order valence-electron chi connectivity index (χ0n) is 12.0. The summed E-state index contributed by atoms with van der Waals surface area (Å²) >= 11 is 0. The lowest BCUT2D eigenvalue weighted by Crippen LogP contribution is -2.44. The van der Waals surface area contributed by atoms with Crippen molar-refractivity contribution in [2.75, 3.05) is 6.54 Å². The van der Waals surface area contributed by atoms with E-state index < -0.39 is 6.04 Å². The third kappa shape index (κ3) is 4.39. The number of hydrogen-bond donors (Lipinski definition) is 2. The Kier molecular flexibility index (Phi) is 5.55. The number of carbonyl (C=O) groups is 2. The Bertz CT molecular complexity index is 438. The van der Waals surface area contributed by atoms with Crippen LogP contribution in [-0.2, 0) is 4.79 Å². The number of nitrogens with one attached hydrogen (secondary N) is 2. The summed E-state index contributed by atoms with van der Waals surface area (Å²) in [6.45, 7) is 8.28. The first-order valence-corrected chi connectivity index (χ1v) is 6.64. The molecule has 1 rings (SSSR count). The molecule has 0 fully saturated rings. The maximum Gasteiger partial charge on any atom is 0.251 e. The topological polar surface area (TPSA) is 58.2 Å². The Morgan fingerprint density at radius 2 is 1.68 bits per heavy atom. The highest BCUT2D eigenvalue weighted by atomic mass is 16.2. The molecule has 0 saturated carbocycles. The van der Waals surface area contributed by atoms with Crippen molar-refractivity contribution in [2.24, 2.45) is 0 Å². The smallest absolute Gasteiger partial charge is 0.251 e. The summed E-state index contributed by atoms with van der Waals surface area (Å²) in [6, 6.07) is 6.92. The standard InChI is InChI=1S/C15H22N2O2/c1-5-16-14(18)11(4)17-15(19)13-8-6-12(7-9-13)10(2)3/h6-11H,5H2,1-4H3,(H,16,18)(H,17,19)/t11-/m1/s1. The van der Waals surface area contributed by atoms with E-state index >= 15 is 0 Å². The molecule has 104 valence electrons. The van der Waals surface area contributed by atoms with E-state index in [2.05, 4.69) is 24.5 Å². The van der Waals surface area contributed by atoms with Crippen LogP contribution in [0.1, 0.15) is 49.5 Å². The quantitative estimate of drug-likeness (QED) is 0.853. The molecule has 0 spiro atoms. The summed E-state index contributed by atoms with van der Waals surface area (Å²) in [6.07, 6.45) is 0. The van der Waals surface area contributed by atoms with Gasteiger partial charge in [-0.1, -0.05) is 26.0 Å². The summed E-state index contributed by atoms with van der Waals surface area (Å²) < 4.78 is 0. The maximum absolute atomic E-state index is 12.0. The summed E-state index contributed by atoms with van der Waals surface area (Å²) in [5.74, 6) is 0.0371. The average Bonchev–Trinajstić information content (AvgIpc) is 2.38. The van der Waals surface area contributed by atoms with Gasteiger partial charge in [0.25, 0.3) is 5.91 Å². The van der Waals surface area contributed by atoms with E-state index in [0.29, 0.717) is 18.0 Å². The van der Waals surface area contributed by atoms with Crippen LogP contribution >= 0.6 is 0 Å². The molecule has 4 heteroatoms. The van der Waals surface area contributed by atoms with Gasteiger partial charge in [0.2, 0.25) is 5.91 Å². The van der Waals surface area contributed by atoms with Crippen molar-refractivity contribution in [1.29, 1.82) is 0 Å². The molecule has 0 bridgehead atoms. The van der Waals surface area contributed by atoms with Crippen molar-refractivity contribution < 1.29 is 9.59 Å². The fourth-order valence-electron chi connectivity index (χ4n) is 1.69. The van der Waals surface area contributed by atoms with Gasteiger partial charge >= 0.3 is 0 Å². The third-order valence-corrected chi connectivity index (χ3v) is 2.93. The number of likely N-dealkylation sites (N-methyl/N-ethyl adjacent to an activating group) is 1. The second-order valence-corrected chi connectivity index (χ2v) is 4.87. The van der Waals surface area contributed by atoms with E-state index in [1.807, 2.05) is 19.1 Å². The fourth-order valence-corrected chi connectivity index (χ4v) is 1.69. The minimum absolute atomic E-state index is 0.172. The fraction of sp³-hybridized carbons (Fsp3) is 0.467. The molecule has 0 aliphatic carbocycles. The monoisotopic (exact) mass is 262 g/mol. The lowest BCUT2D eigenvalue weighted by molar-refractivity contribution is -0.122. The molecule has 0 radical (unpaired) electrons. The van der Waals surface area contributed by atoms with Crippen LogP contribution in [0, 0.1) is 0 Å². The Balaban J connectivity index is 2.65. The molecular weight excluding hydrogens is 240 g/mol. The Morgan fingerprint density at radius 3 is 2.16 bits per heavy atom. The summed E-state index contributed by atoms with van der Waals surface area (Å²) in [5.41, 5.74) is 1.76. The van der Waals surface area contributed by atoms with Gasteiger partial charge in [0.05, 0.1) is 0 Å². The van der Waals surface area contributed by atoms with Crippen LogP contribution in [0.3, 0.4) is 0 Å². The molecule has 1 aromatic rings. The molecule has 4 nitrogen and oxygen atoms in total. The van der Waals surface area contributed by atoms with Gasteiger partial charge < -0.3 is 10.6 Å². The zero-order valence-corrected chi connectivity index (χ0v) is 12.0. The van der Waals surface area contributed by atoms with Gasteiger partial charge in [-0.2, -0.15) is 0 Å². The van der Waals surface area contributed by atoms with E-state index in [1.54, 1.807) is 19.1 Å². The summed E-state index contributed by atoms with van der Waals surface area (Å²) in [5, 5.41) is 5.35. The number of amides is 2. The van der Waals surface area contributed by atoms with Gasteiger partial charge in [-0.25, -0.2) is 0 Å². The summed E-state index contributed by atoms with van der Waals surface area (Å²) in [7, 11) is 0. The Morgan fingerprint density at radius 1 is 1.11 bits per heavy atom. The Labute approximate surface area is 114 Å². The van der Waals surface area contributed by atoms with E-state index in [0.717, 1.165) is 0 Å². The number of benzene rings is 1. The van der Waals surface area contributed by atoms with Gasteiger partial charge in [0, 0.05) is 12.1 Å². The predicted octanol–water partition coefficient (Wildman–Crippen LogP) is 2.06. The van der Waals surface area contributed by atoms with Gasteiger partial charge in [0.15, 0.2) is 0 Å². The molecule has 0 aliphatic heterocycles. The van der Waals surface area contributed by atoms with Crippen LogP contribution in [0.15, 0.2) is 24.3 Å². The third-order valence-electron chi connectivity index (χ3n) is 2.93. The molecule has 0 aromatic heterocycles.